The lowest BCUT2D eigenvalue weighted by Gasteiger charge is -2.35. The molecule has 0 aromatic heterocycles. The van der Waals surface area contributed by atoms with E-state index < -0.39 is 23.5 Å². The van der Waals surface area contributed by atoms with Gasteiger partial charge in [-0.05, 0) is 35.5 Å². The lowest BCUT2D eigenvalue weighted by molar-refractivity contribution is -0.143. The van der Waals surface area contributed by atoms with E-state index >= 15 is 0 Å². The van der Waals surface area contributed by atoms with Gasteiger partial charge in [0.25, 0.3) is 0 Å². The Kier molecular flexibility index (Phi) is 6.80. The Hall–Kier alpha value is -1.85. The van der Waals surface area contributed by atoms with Crippen LogP contribution in [0.1, 0.15) is 47.5 Å². The van der Waals surface area contributed by atoms with Gasteiger partial charge in [-0.3, -0.25) is 14.4 Å². The third-order valence-electron chi connectivity index (χ3n) is 7.11. The van der Waals surface area contributed by atoms with Crippen molar-refractivity contribution >= 4 is 30.1 Å². The Labute approximate surface area is 184 Å². The van der Waals surface area contributed by atoms with Crippen molar-refractivity contribution in [3.8, 4) is 6.07 Å². The number of hydrogen-bond acceptors (Lipinski definition) is 5. The van der Waals surface area contributed by atoms with Gasteiger partial charge in [0.15, 0.2) is 0 Å². The minimum absolute atomic E-state index is 0. The fraction of sp³-hybridized carbons (Fsp3) is 0.810. The van der Waals surface area contributed by atoms with Crippen LogP contribution in [0.25, 0.3) is 0 Å². The summed E-state index contributed by atoms with van der Waals surface area (Å²) in [6.45, 7) is 11.1. The van der Waals surface area contributed by atoms with E-state index in [4.69, 9.17) is 5.73 Å². The molecule has 3 rings (SSSR count). The lowest BCUT2D eigenvalue weighted by atomic mass is 9.86. The standard InChI is InChI=1S/C21H33N5O3.ClH/c1-20(2,3)16(23)19(29)26-10-13-14(21(13,4)5)15(26)18(28)25-12(9-22)8-11-6-7-24-17(11)27;/h11-16H,6-8,10,23H2,1-5H3,(H,24,27)(H,25,28);1H/t11-,12-,13-,14-,15-,16+;/m0./s1. The van der Waals surface area contributed by atoms with Crippen LogP contribution in [-0.2, 0) is 14.4 Å². The summed E-state index contributed by atoms with van der Waals surface area (Å²) in [6.07, 6.45) is 0.951. The highest BCUT2D eigenvalue weighted by Gasteiger charge is 2.69. The molecule has 1 saturated carbocycles. The number of piperidine rings is 1. The van der Waals surface area contributed by atoms with Crippen LogP contribution in [0.5, 0.6) is 0 Å². The molecular weight excluding hydrogens is 406 g/mol. The highest BCUT2D eigenvalue weighted by molar-refractivity contribution is 5.92. The summed E-state index contributed by atoms with van der Waals surface area (Å²) in [6, 6.07) is 0.0226. The molecule has 9 heteroatoms. The Morgan fingerprint density at radius 1 is 1.40 bits per heavy atom. The molecule has 6 atom stereocenters. The summed E-state index contributed by atoms with van der Waals surface area (Å²) in [5, 5.41) is 15.1. The fourth-order valence-corrected chi connectivity index (χ4v) is 4.92. The smallest absolute Gasteiger partial charge is 0.244 e. The zero-order valence-corrected chi connectivity index (χ0v) is 19.2. The number of nitrogens with two attached hydrogens (primary N) is 1. The molecule has 2 saturated heterocycles. The molecule has 30 heavy (non-hydrogen) atoms. The highest BCUT2D eigenvalue weighted by atomic mass is 35.5. The molecule has 0 bridgehead atoms. The number of nitriles is 1. The summed E-state index contributed by atoms with van der Waals surface area (Å²) in [4.78, 5) is 39.7. The van der Waals surface area contributed by atoms with Crippen molar-refractivity contribution in [3.63, 3.8) is 0 Å². The average Bonchev–Trinajstić information content (AvgIpc) is 3.02. The minimum Gasteiger partial charge on any atom is -0.356 e. The van der Waals surface area contributed by atoms with E-state index in [2.05, 4.69) is 30.6 Å². The van der Waals surface area contributed by atoms with Crippen LogP contribution in [0.3, 0.4) is 0 Å². The second-order valence-corrected chi connectivity index (χ2v) is 10.4. The Balaban J connectivity index is 0.00000320. The van der Waals surface area contributed by atoms with Gasteiger partial charge in [0.05, 0.1) is 12.1 Å². The molecule has 2 heterocycles. The quantitative estimate of drug-likeness (QED) is 0.583. The third kappa shape index (κ3) is 4.28. The number of nitrogens with zero attached hydrogens (tertiary/aromatic N) is 2. The van der Waals surface area contributed by atoms with Crippen molar-refractivity contribution in [2.45, 2.75) is 65.6 Å². The van der Waals surface area contributed by atoms with E-state index in [1.165, 1.54) is 0 Å². The predicted octanol–water partition coefficient (Wildman–Crippen LogP) is 0.799. The summed E-state index contributed by atoms with van der Waals surface area (Å²) in [7, 11) is 0. The normalized spacial score (nSPS) is 31.0. The summed E-state index contributed by atoms with van der Waals surface area (Å²) in [5.74, 6) is -0.549. The van der Waals surface area contributed by atoms with Crippen molar-refractivity contribution < 1.29 is 14.4 Å². The summed E-state index contributed by atoms with van der Waals surface area (Å²) in [5.41, 5.74) is 5.77. The molecule has 4 N–H and O–H groups in total. The summed E-state index contributed by atoms with van der Waals surface area (Å²) < 4.78 is 0. The van der Waals surface area contributed by atoms with Gasteiger partial charge in [-0.2, -0.15) is 5.26 Å². The Morgan fingerprint density at radius 2 is 2.03 bits per heavy atom. The number of hydrogen-bond donors (Lipinski definition) is 3. The van der Waals surface area contributed by atoms with Gasteiger partial charge in [0.1, 0.15) is 12.1 Å². The number of fused-ring (bicyclic) bond motifs is 1. The minimum atomic E-state index is -0.759. The second-order valence-electron chi connectivity index (χ2n) is 10.4. The van der Waals surface area contributed by atoms with E-state index in [0.29, 0.717) is 19.5 Å². The predicted molar refractivity (Wildman–Crippen MR) is 114 cm³/mol. The lowest BCUT2D eigenvalue weighted by Crippen LogP contribution is -2.57. The largest absolute Gasteiger partial charge is 0.356 e. The number of likely N-dealkylation sites (tertiary alicyclic amines) is 1. The van der Waals surface area contributed by atoms with Gasteiger partial charge in [0, 0.05) is 19.0 Å². The monoisotopic (exact) mass is 439 g/mol. The van der Waals surface area contributed by atoms with Crippen LogP contribution in [0.15, 0.2) is 0 Å². The van der Waals surface area contributed by atoms with E-state index in [1.54, 1.807) is 4.90 Å². The molecule has 1 aliphatic carbocycles. The molecule has 0 unspecified atom stereocenters. The topological polar surface area (TPSA) is 128 Å². The first-order valence-corrected chi connectivity index (χ1v) is 10.4. The maximum Gasteiger partial charge on any atom is 0.244 e. The van der Waals surface area contributed by atoms with Gasteiger partial charge in [-0.25, -0.2) is 0 Å². The van der Waals surface area contributed by atoms with Crippen LogP contribution in [0.4, 0.5) is 0 Å². The van der Waals surface area contributed by atoms with Crippen LogP contribution >= 0.6 is 12.4 Å². The number of carbonyl (C=O) groups excluding carboxylic acids is 3. The van der Waals surface area contributed by atoms with Crippen LogP contribution < -0.4 is 16.4 Å². The first kappa shape index (κ1) is 24.4. The van der Waals surface area contributed by atoms with Crippen molar-refractivity contribution in [1.29, 1.82) is 5.26 Å². The maximum absolute atomic E-state index is 13.2. The Bertz CT molecular complexity index is 757. The highest BCUT2D eigenvalue weighted by Crippen LogP contribution is 2.65. The number of carbonyl (C=O) groups is 3. The van der Waals surface area contributed by atoms with Crippen LogP contribution in [-0.4, -0.2) is 53.8 Å². The number of nitrogens with one attached hydrogen (secondary N) is 2. The fourth-order valence-electron chi connectivity index (χ4n) is 4.92. The van der Waals surface area contributed by atoms with E-state index in [9.17, 15) is 19.6 Å². The molecule has 0 aromatic rings. The van der Waals surface area contributed by atoms with Gasteiger partial charge in [-0.1, -0.05) is 34.6 Å². The van der Waals surface area contributed by atoms with E-state index in [0.717, 1.165) is 0 Å². The molecular formula is C21H34ClN5O3. The first-order chi connectivity index (χ1) is 13.4. The molecule has 2 aliphatic heterocycles. The molecule has 168 valence electrons. The van der Waals surface area contributed by atoms with E-state index in [-0.39, 0.29) is 59.7 Å². The molecule has 8 nitrogen and oxygen atoms in total. The van der Waals surface area contributed by atoms with Crippen molar-refractivity contribution in [1.82, 2.24) is 15.5 Å². The van der Waals surface area contributed by atoms with Gasteiger partial charge in [-0.15, -0.1) is 12.4 Å². The Morgan fingerprint density at radius 3 is 2.53 bits per heavy atom. The first-order valence-electron chi connectivity index (χ1n) is 10.4. The zero-order chi connectivity index (χ0) is 21.7. The van der Waals surface area contributed by atoms with E-state index in [1.807, 2.05) is 20.8 Å². The van der Waals surface area contributed by atoms with Gasteiger partial charge >= 0.3 is 0 Å². The summed E-state index contributed by atoms with van der Waals surface area (Å²) >= 11 is 0. The van der Waals surface area contributed by atoms with Crippen molar-refractivity contribution in [2.75, 3.05) is 13.1 Å². The molecule has 0 spiro atoms. The van der Waals surface area contributed by atoms with Crippen molar-refractivity contribution in [3.05, 3.63) is 0 Å². The van der Waals surface area contributed by atoms with Gasteiger partial charge in [0.2, 0.25) is 17.7 Å². The third-order valence-corrected chi connectivity index (χ3v) is 7.11. The molecule has 3 aliphatic rings. The molecule has 3 fully saturated rings. The van der Waals surface area contributed by atoms with Crippen LogP contribution in [0.2, 0.25) is 0 Å². The molecule has 0 aromatic carbocycles. The number of rotatable bonds is 5. The van der Waals surface area contributed by atoms with Crippen LogP contribution in [0, 0.1) is 39.9 Å². The van der Waals surface area contributed by atoms with Crippen molar-refractivity contribution in [2.24, 2.45) is 34.3 Å². The zero-order valence-electron chi connectivity index (χ0n) is 18.4. The number of halogens is 1. The molecule has 0 radical (unpaired) electrons. The number of amides is 3. The maximum atomic E-state index is 13.2. The SMILES string of the molecule is CC(C)(C)[C@H](N)C(=O)N1C[C@H]2[C@@H]([C@H]1C(=O)N[C@H](C#N)C[C@@H]1CCNC1=O)C2(C)C.Cl. The second kappa shape index (κ2) is 8.35. The molecule has 3 amide bonds. The average molecular weight is 440 g/mol. The van der Waals surface area contributed by atoms with Gasteiger partial charge < -0.3 is 21.3 Å².